The molecule has 2 fully saturated rings. The molecule has 4 heterocycles. The van der Waals surface area contributed by atoms with Gasteiger partial charge in [0, 0.05) is 71.0 Å². The highest BCUT2D eigenvalue weighted by atomic mass is 35.5. The number of aliphatic carboxylic acids is 2. The fourth-order valence-electron chi connectivity index (χ4n) is 15.0. The second-order valence-electron chi connectivity index (χ2n) is 25.6. The summed E-state index contributed by atoms with van der Waals surface area (Å²) in [6, 6.07) is 22.2. The molecule has 2 spiro atoms. The minimum absolute atomic E-state index is 0.0539. The number of carboxylic acid groups (broad SMARTS) is 2. The molecule has 0 unspecified atom stereocenters. The van der Waals surface area contributed by atoms with Gasteiger partial charge in [-0.3, -0.25) is 19.2 Å². The standard InChI is InChI=1S/2C33H39ClN2O7S/c2*34-24-9-12-27-21(16-24)4-3-15-33(27)19-36-18-23-7-11-26(23)29(37)6-2-1-5-25(10-14-31(38)39)44(41,42)35-32(40)22-8-13-30(43-20-33)28(36)17-22/h2*2,6,8-9,12-13,16-17,23,25-26,29,37H,1,3-5,7,10-11,14-15,18-20H2,(H,35,40)(H,38,39)/b2*6-2+/t23-,25+,26+,29-,33-;23-,25-,26+,29-,33-/m00/s1. The summed E-state index contributed by atoms with van der Waals surface area (Å²) in [5, 5.41) is 39.9. The Bertz CT molecular complexity index is 3390. The van der Waals surface area contributed by atoms with Gasteiger partial charge in [-0.2, -0.15) is 0 Å². The first-order chi connectivity index (χ1) is 42.1. The molecule has 4 aliphatic carbocycles. The van der Waals surface area contributed by atoms with Gasteiger partial charge in [-0.05, 0) is 209 Å². The number of carbonyl (C=O) groups excluding carboxylic acids is 2. The first-order valence-corrected chi connectivity index (χ1v) is 34.8. The highest BCUT2D eigenvalue weighted by Gasteiger charge is 2.47. The lowest BCUT2D eigenvalue weighted by Crippen LogP contribution is -2.49. The highest BCUT2D eigenvalue weighted by molar-refractivity contribution is 7.91. The number of rotatable bonds is 6. The molecule has 18 nitrogen and oxygen atoms in total. The number of allylic oxidation sites excluding steroid dienone is 2. The Morgan fingerprint density at radius 2 is 1.00 bits per heavy atom. The van der Waals surface area contributed by atoms with E-state index in [0.717, 1.165) is 75.6 Å². The van der Waals surface area contributed by atoms with E-state index >= 15 is 0 Å². The molecular formula is C66H78Cl2N4O14S2. The van der Waals surface area contributed by atoms with Crippen LogP contribution in [0.15, 0.2) is 97.1 Å². The van der Waals surface area contributed by atoms with Crippen LogP contribution >= 0.6 is 23.2 Å². The van der Waals surface area contributed by atoms with Crippen molar-refractivity contribution in [3.8, 4) is 11.5 Å². The highest BCUT2D eigenvalue weighted by Crippen LogP contribution is 2.49. The predicted octanol–water partition coefficient (Wildman–Crippen LogP) is 9.69. The van der Waals surface area contributed by atoms with Crippen LogP contribution in [0.5, 0.6) is 11.5 Å². The molecule has 6 N–H and O–H groups in total. The number of halogens is 2. The largest absolute Gasteiger partial charge is 0.490 e. The number of hydrogen-bond acceptors (Lipinski definition) is 14. The van der Waals surface area contributed by atoms with E-state index in [4.69, 9.17) is 32.7 Å². The summed E-state index contributed by atoms with van der Waals surface area (Å²) < 4.78 is 70.8. The number of carboxylic acids is 2. The molecule has 2 amide bonds. The molecule has 88 heavy (non-hydrogen) atoms. The Labute approximate surface area is 524 Å². The average molecular weight is 1290 g/mol. The Kier molecular flexibility index (Phi) is 19.0. The molecule has 4 aromatic carbocycles. The van der Waals surface area contributed by atoms with Crippen LogP contribution in [0.1, 0.15) is 146 Å². The van der Waals surface area contributed by atoms with Gasteiger partial charge in [0.05, 0.1) is 47.3 Å². The van der Waals surface area contributed by atoms with Gasteiger partial charge >= 0.3 is 11.9 Å². The van der Waals surface area contributed by atoms with Crippen molar-refractivity contribution in [2.75, 3.05) is 49.2 Å². The zero-order valence-electron chi connectivity index (χ0n) is 49.2. The van der Waals surface area contributed by atoms with Crippen LogP contribution in [0.25, 0.3) is 0 Å². The Balaban J connectivity index is 0.000000182. The molecule has 8 aliphatic rings. The van der Waals surface area contributed by atoms with E-state index in [0.29, 0.717) is 73.8 Å². The Morgan fingerprint density at radius 1 is 0.580 bits per heavy atom. The molecule has 4 bridgehead atoms. The van der Waals surface area contributed by atoms with E-state index in [1.165, 1.54) is 22.3 Å². The van der Waals surface area contributed by atoms with Crippen molar-refractivity contribution >= 4 is 78.4 Å². The van der Waals surface area contributed by atoms with Crippen LogP contribution in [-0.2, 0) is 53.3 Å². The third-order valence-electron chi connectivity index (χ3n) is 20.0. The molecule has 0 saturated heterocycles. The lowest BCUT2D eigenvalue weighted by Gasteiger charge is -2.45. The number of ether oxygens (including phenoxy) is 2. The number of anilines is 2. The van der Waals surface area contributed by atoms with Crippen LogP contribution in [-0.4, -0.2) is 123 Å². The van der Waals surface area contributed by atoms with Crippen molar-refractivity contribution in [1.82, 2.24) is 9.44 Å². The van der Waals surface area contributed by atoms with Gasteiger partial charge in [0.25, 0.3) is 11.8 Å². The van der Waals surface area contributed by atoms with Crippen molar-refractivity contribution in [3.63, 3.8) is 0 Å². The van der Waals surface area contributed by atoms with Crippen molar-refractivity contribution in [2.24, 2.45) is 23.7 Å². The lowest BCUT2D eigenvalue weighted by molar-refractivity contribution is -0.138. The second kappa shape index (κ2) is 26.4. The van der Waals surface area contributed by atoms with Crippen LogP contribution in [0, 0.1) is 23.7 Å². The number of aryl methyl sites for hydroxylation is 2. The maximum atomic E-state index is 13.4. The quantitative estimate of drug-likeness (QED) is 0.0981. The molecule has 472 valence electrons. The van der Waals surface area contributed by atoms with E-state index < -0.39 is 66.5 Å². The van der Waals surface area contributed by atoms with E-state index in [1.54, 1.807) is 60.7 Å². The number of nitrogens with zero attached hydrogens (tertiary/aromatic N) is 2. The molecule has 10 atom stereocenters. The number of amides is 2. The summed E-state index contributed by atoms with van der Waals surface area (Å²) in [5.41, 5.74) is 6.07. The number of nitrogens with one attached hydrogen (secondary N) is 2. The summed E-state index contributed by atoms with van der Waals surface area (Å²) in [6.07, 6.45) is 15.1. The number of hydrogen-bond donors (Lipinski definition) is 6. The number of fused-ring (bicyclic) bond motifs is 8. The van der Waals surface area contributed by atoms with Gasteiger partial charge < -0.3 is 39.7 Å². The van der Waals surface area contributed by atoms with Gasteiger partial charge in [0.2, 0.25) is 20.0 Å². The zero-order chi connectivity index (χ0) is 62.1. The molecule has 0 aromatic heterocycles. The zero-order valence-corrected chi connectivity index (χ0v) is 52.3. The average Bonchev–Trinajstić information content (AvgIpc) is 1.50. The molecule has 22 heteroatoms. The lowest BCUT2D eigenvalue weighted by atomic mass is 9.68. The summed E-state index contributed by atoms with van der Waals surface area (Å²) >= 11 is 12.7. The molecular weight excluding hydrogens is 1210 g/mol. The van der Waals surface area contributed by atoms with Gasteiger partial charge in [-0.1, -0.05) is 59.6 Å². The number of carbonyl (C=O) groups is 4. The van der Waals surface area contributed by atoms with Crippen LogP contribution in [0.4, 0.5) is 11.4 Å². The Morgan fingerprint density at radius 3 is 1.39 bits per heavy atom. The molecule has 0 radical (unpaired) electrons. The van der Waals surface area contributed by atoms with Crippen molar-refractivity contribution in [2.45, 2.75) is 149 Å². The number of benzene rings is 4. The SMILES string of the molecule is O=C(O)CC[C@@H]1CC/C=C/[C@H](O)[C@@H]2CC[C@H]2CN2C[C@@]3(CCCc4cc(Cl)ccc43)COc3ccc(cc32)C(=O)NS1(=O)=O.O=C(O)CC[C@H]1CC/C=C/[C@H](O)[C@@H]2CC[C@H]2CN2C[C@@]3(CCCc4cc(Cl)ccc43)COc3ccc(cc32)C(=O)NS1(=O)=O. The van der Waals surface area contributed by atoms with Crippen molar-refractivity contribution in [1.29, 1.82) is 0 Å². The van der Waals surface area contributed by atoms with Crippen LogP contribution in [0.2, 0.25) is 10.0 Å². The molecule has 4 aliphatic heterocycles. The fourth-order valence-corrected chi connectivity index (χ4v) is 18.2. The van der Waals surface area contributed by atoms with E-state index in [9.17, 15) is 56.4 Å². The topological polar surface area (TPSA) is 266 Å². The fraction of sp³-hybridized carbons (Fsp3) is 0.515. The van der Waals surface area contributed by atoms with Gasteiger partial charge in [0.15, 0.2) is 0 Å². The third kappa shape index (κ3) is 13.8. The van der Waals surface area contributed by atoms with E-state index in [2.05, 4.69) is 31.4 Å². The maximum absolute atomic E-state index is 13.4. The van der Waals surface area contributed by atoms with E-state index in [-0.39, 0.29) is 84.2 Å². The van der Waals surface area contributed by atoms with Gasteiger partial charge in [0.1, 0.15) is 11.5 Å². The first-order valence-electron chi connectivity index (χ1n) is 31.0. The number of aliphatic hydroxyl groups excluding tert-OH is 2. The van der Waals surface area contributed by atoms with E-state index in [1.807, 2.05) is 24.3 Å². The second-order valence-corrected chi connectivity index (χ2v) is 30.4. The number of sulfonamides is 2. The molecule has 12 rings (SSSR count). The van der Waals surface area contributed by atoms with Crippen LogP contribution < -0.4 is 28.7 Å². The Hall–Kier alpha value is -6.16. The monoisotopic (exact) mass is 1280 g/mol. The minimum Gasteiger partial charge on any atom is -0.490 e. The summed E-state index contributed by atoms with van der Waals surface area (Å²) in [6.45, 7) is 3.52. The van der Waals surface area contributed by atoms with Crippen molar-refractivity contribution in [3.05, 3.63) is 141 Å². The first kappa shape index (κ1) is 63.4. The molecule has 4 aromatic rings. The third-order valence-corrected chi connectivity index (χ3v) is 24.1. The van der Waals surface area contributed by atoms with Crippen LogP contribution in [0.3, 0.4) is 0 Å². The van der Waals surface area contributed by atoms with Gasteiger partial charge in [-0.15, -0.1) is 0 Å². The van der Waals surface area contributed by atoms with Crippen molar-refractivity contribution < 1.29 is 65.9 Å². The summed E-state index contributed by atoms with van der Waals surface area (Å²) in [5.74, 6) is -1.93. The predicted molar refractivity (Wildman–Crippen MR) is 336 cm³/mol. The summed E-state index contributed by atoms with van der Waals surface area (Å²) in [4.78, 5) is 53.9. The van der Waals surface area contributed by atoms with Gasteiger partial charge in [-0.25, -0.2) is 26.3 Å². The maximum Gasteiger partial charge on any atom is 0.303 e. The smallest absolute Gasteiger partial charge is 0.303 e. The molecule has 2 saturated carbocycles. The minimum atomic E-state index is -4.18. The normalized spacial score (nSPS) is 30.5. The number of aliphatic hydroxyl groups is 2. The summed E-state index contributed by atoms with van der Waals surface area (Å²) in [7, 11) is -8.36.